The molecule has 178 valence electrons. The van der Waals surface area contributed by atoms with Gasteiger partial charge < -0.3 is 0 Å². The van der Waals surface area contributed by atoms with Gasteiger partial charge in [0.05, 0.1) is 18.3 Å². The summed E-state index contributed by atoms with van der Waals surface area (Å²) in [7, 11) is 0. The van der Waals surface area contributed by atoms with Crippen molar-refractivity contribution in [2.24, 2.45) is 0 Å². The van der Waals surface area contributed by atoms with Crippen LogP contribution in [-0.4, -0.2) is 49.5 Å². The molecule has 0 spiro atoms. The van der Waals surface area contributed by atoms with Crippen molar-refractivity contribution >= 4 is 0 Å². The summed E-state index contributed by atoms with van der Waals surface area (Å²) in [6, 6.07) is 12.0. The Labute approximate surface area is 201 Å². The predicted octanol–water partition coefficient (Wildman–Crippen LogP) is 3.05. The number of aryl methyl sites for hydroxylation is 1. The van der Waals surface area contributed by atoms with Crippen LogP contribution in [0.4, 0.5) is 0 Å². The van der Waals surface area contributed by atoms with Gasteiger partial charge in [0.1, 0.15) is 6.33 Å². The van der Waals surface area contributed by atoms with Crippen molar-refractivity contribution in [2.45, 2.75) is 46.2 Å². The number of pyridine rings is 1. The van der Waals surface area contributed by atoms with Crippen LogP contribution in [0.1, 0.15) is 44.6 Å². The maximum absolute atomic E-state index is 13.5. The fraction of sp³-hybridized carbons (Fsp3) is 0.292. The molecule has 0 unspecified atom stereocenters. The number of H-pyrrole nitrogens is 1. The summed E-state index contributed by atoms with van der Waals surface area (Å²) in [6.07, 6.45) is 6.80. The molecule has 5 rings (SSSR count). The largest absolute Gasteiger partial charge is 0.335 e. The van der Waals surface area contributed by atoms with E-state index < -0.39 is 0 Å². The summed E-state index contributed by atoms with van der Waals surface area (Å²) >= 11 is 0. The Morgan fingerprint density at radius 3 is 2.66 bits per heavy atom. The van der Waals surface area contributed by atoms with Crippen molar-refractivity contribution in [3.05, 3.63) is 77.0 Å². The van der Waals surface area contributed by atoms with E-state index in [1.165, 1.54) is 6.33 Å². The standard InChI is InChI=1S/C24H26N10O/c1-4-6-21-14-33(23-26-15-27-34(23)16(2)3)24(35)32(21)13-20-12-18(9-10-25-20)17-7-5-8-19(11-17)22-28-30-31-29-22/h5,7-12,14-16H,4,6,13H2,1-3H3,(H,28,29,30,31). The van der Waals surface area contributed by atoms with Gasteiger partial charge in [-0.05, 0) is 60.0 Å². The number of imidazole rings is 1. The Balaban J connectivity index is 1.50. The Morgan fingerprint density at radius 2 is 1.89 bits per heavy atom. The highest BCUT2D eigenvalue weighted by atomic mass is 16.2. The normalized spacial score (nSPS) is 11.4. The monoisotopic (exact) mass is 470 g/mol. The van der Waals surface area contributed by atoms with E-state index in [9.17, 15) is 4.79 Å². The van der Waals surface area contributed by atoms with Crippen molar-refractivity contribution in [2.75, 3.05) is 0 Å². The first-order valence-corrected chi connectivity index (χ1v) is 11.6. The fourth-order valence-corrected chi connectivity index (χ4v) is 4.11. The van der Waals surface area contributed by atoms with E-state index >= 15 is 0 Å². The summed E-state index contributed by atoms with van der Waals surface area (Å²) in [5.41, 5.74) is 4.45. The third-order valence-electron chi connectivity index (χ3n) is 5.78. The maximum atomic E-state index is 13.5. The minimum absolute atomic E-state index is 0.0826. The molecular weight excluding hydrogens is 444 g/mol. The third kappa shape index (κ3) is 4.39. The molecule has 5 aromatic rings. The molecule has 0 radical (unpaired) electrons. The molecule has 11 heteroatoms. The molecule has 1 aromatic carbocycles. The lowest BCUT2D eigenvalue weighted by molar-refractivity contribution is 0.515. The number of hydrogen-bond acceptors (Lipinski definition) is 7. The molecule has 0 aliphatic carbocycles. The summed E-state index contributed by atoms with van der Waals surface area (Å²) in [4.78, 5) is 22.4. The molecule has 0 aliphatic rings. The first-order valence-electron chi connectivity index (χ1n) is 11.6. The van der Waals surface area contributed by atoms with E-state index in [2.05, 4.69) is 42.6 Å². The number of hydrogen-bond donors (Lipinski definition) is 1. The number of aromatic amines is 1. The zero-order valence-corrected chi connectivity index (χ0v) is 19.8. The highest BCUT2D eigenvalue weighted by Gasteiger charge is 2.18. The molecule has 0 saturated carbocycles. The van der Waals surface area contributed by atoms with Gasteiger partial charge in [0, 0.05) is 23.7 Å². The lowest BCUT2D eigenvalue weighted by atomic mass is 10.0. The molecule has 0 saturated heterocycles. The van der Waals surface area contributed by atoms with Gasteiger partial charge in [0.2, 0.25) is 5.95 Å². The number of benzene rings is 1. The minimum Gasteiger partial charge on any atom is -0.290 e. The van der Waals surface area contributed by atoms with E-state index in [1.54, 1.807) is 20.0 Å². The zero-order chi connectivity index (χ0) is 24.4. The summed E-state index contributed by atoms with van der Waals surface area (Å²) in [5, 5.41) is 18.4. The Bertz CT molecular complexity index is 1490. The lowest BCUT2D eigenvalue weighted by Gasteiger charge is -2.09. The Morgan fingerprint density at radius 1 is 1.06 bits per heavy atom. The average molecular weight is 471 g/mol. The molecule has 0 amide bonds. The molecule has 4 aromatic heterocycles. The summed E-state index contributed by atoms with van der Waals surface area (Å²) in [5.74, 6) is 1.12. The quantitative estimate of drug-likeness (QED) is 0.369. The molecule has 4 heterocycles. The van der Waals surface area contributed by atoms with Crippen molar-refractivity contribution in [3.63, 3.8) is 0 Å². The van der Waals surface area contributed by atoms with Crippen LogP contribution in [0.15, 0.2) is 59.9 Å². The first-order chi connectivity index (χ1) is 17.0. The van der Waals surface area contributed by atoms with Gasteiger partial charge >= 0.3 is 5.69 Å². The van der Waals surface area contributed by atoms with E-state index in [0.717, 1.165) is 40.9 Å². The van der Waals surface area contributed by atoms with Crippen LogP contribution >= 0.6 is 0 Å². The van der Waals surface area contributed by atoms with Gasteiger partial charge in [-0.2, -0.15) is 10.1 Å². The van der Waals surface area contributed by atoms with Crippen LogP contribution in [0.25, 0.3) is 28.5 Å². The molecule has 0 aliphatic heterocycles. The summed E-state index contributed by atoms with van der Waals surface area (Å²) < 4.78 is 5.10. The van der Waals surface area contributed by atoms with E-state index in [4.69, 9.17) is 0 Å². The van der Waals surface area contributed by atoms with Gasteiger partial charge in [-0.1, -0.05) is 31.5 Å². The number of nitrogens with zero attached hydrogens (tertiary/aromatic N) is 9. The van der Waals surface area contributed by atoms with Crippen LogP contribution in [0.3, 0.4) is 0 Å². The Kier molecular flexibility index (Phi) is 6.04. The molecule has 11 nitrogen and oxygen atoms in total. The molecule has 35 heavy (non-hydrogen) atoms. The molecule has 0 bridgehead atoms. The Hall–Kier alpha value is -4.41. The number of tetrazole rings is 1. The van der Waals surface area contributed by atoms with Crippen LogP contribution < -0.4 is 5.69 Å². The van der Waals surface area contributed by atoms with E-state index in [1.807, 2.05) is 56.4 Å². The van der Waals surface area contributed by atoms with Gasteiger partial charge in [-0.3, -0.25) is 9.55 Å². The van der Waals surface area contributed by atoms with Gasteiger partial charge in [-0.25, -0.2) is 19.1 Å². The van der Waals surface area contributed by atoms with Crippen LogP contribution in [-0.2, 0) is 13.0 Å². The number of rotatable bonds is 8. The van der Waals surface area contributed by atoms with Crippen molar-refractivity contribution in [1.29, 1.82) is 0 Å². The van der Waals surface area contributed by atoms with Crippen LogP contribution in [0.2, 0.25) is 0 Å². The van der Waals surface area contributed by atoms with Crippen LogP contribution in [0.5, 0.6) is 0 Å². The first kappa shape index (κ1) is 22.4. The smallest absolute Gasteiger partial charge is 0.290 e. The highest BCUT2D eigenvalue weighted by Crippen LogP contribution is 2.24. The predicted molar refractivity (Wildman–Crippen MR) is 130 cm³/mol. The molecule has 0 atom stereocenters. The van der Waals surface area contributed by atoms with E-state index in [0.29, 0.717) is 18.3 Å². The minimum atomic E-state index is -0.157. The second-order valence-electron chi connectivity index (χ2n) is 8.57. The average Bonchev–Trinajstić information content (AvgIpc) is 3.62. The fourth-order valence-electron chi connectivity index (χ4n) is 4.11. The van der Waals surface area contributed by atoms with Crippen molar-refractivity contribution in [3.8, 4) is 28.5 Å². The van der Waals surface area contributed by atoms with Crippen molar-refractivity contribution in [1.82, 2.24) is 49.5 Å². The van der Waals surface area contributed by atoms with E-state index in [-0.39, 0.29) is 11.7 Å². The molecular formula is C24H26N10O. The number of aromatic nitrogens is 10. The lowest BCUT2D eigenvalue weighted by Crippen LogP contribution is -2.27. The molecule has 0 fully saturated rings. The highest BCUT2D eigenvalue weighted by molar-refractivity contribution is 5.70. The second-order valence-corrected chi connectivity index (χ2v) is 8.57. The summed E-state index contributed by atoms with van der Waals surface area (Å²) in [6.45, 7) is 6.47. The van der Waals surface area contributed by atoms with Crippen LogP contribution in [0, 0.1) is 0 Å². The zero-order valence-electron chi connectivity index (χ0n) is 19.8. The van der Waals surface area contributed by atoms with Gasteiger partial charge in [0.15, 0.2) is 5.82 Å². The second kappa shape index (κ2) is 9.45. The van der Waals surface area contributed by atoms with Gasteiger partial charge in [0.25, 0.3) is 0 Å². The number of nitrogens with one attached hydrogen (secondary N) is 1. The van der Waals surface area contributed by atoms with Crippen molar-refractivity contribution < 1.29 is 0 Å². The SMILES string of the molecule is CCCc1cn(-c2ncnn2C(C)C)c(=O)n1Cc1cc(-c2cccc(-c3nnn[nH]3)c2)ccn1. The maximum Gasteiger partial charge on any atom is 0.335 e. The van der Waals surface area contributed by atoms with Gasteiger partial charge in [-0.15, -0.1) is 5.10 Å². The molecule has 1 N–H and O–H groups in total. The topological polar surface area (TPSA) is 125 Å². The third-order valence-corrected chi connectivity index (χ3v) is 5.78.